The van der Waals surface area contributed by atoms with E-state index in [2.05, 4.69) is 12.2 Å². The lowest BCUT2D eigenvalue weighted by Crippen LogP contribution is -2.36. The number of aliphatic hydroxyl groups is 1. The van der Waals surface area contributed by atoms with Crippen molar-refractivity contribution in [3.63, 3.8) is 0 Å². The number of benzene rings is 1. The summed E-state index contributed by atoms with van der Waals surface area (Å²) < 4.78 is 0. The van der Waals surface area contributed by atoms with Gasteiger partial charge in [0.05, 0.1) is 12.6 Å². The van der Waals surface area contributed by atoms with Gasteiger partial charge in [0, 0.05) is 5.92 Å². The normalized spacial score (nSPS) is 24.8. The largest absolute Gasteiger partial charge is 0.394 e. The van der Waals surface area contributed by atoms with Crippen molar-refractivity contribution in [2.75, 3.05) is 6.61 Å². The van der Waals surface area contributed by atoms with Gasteiger partial charge in [0.2, 0.25) is 5.91 Å². The molecule has 1 aromatic carbocycles. The Hall–Kier alpha value is -1.35. The van der Waals surface area contributed by atoms with E-state index in [1.807, 2.05) is 30.3 Å². The van der Waals surface area contributed by atoms with Crippen LogP contribution in [-0.4, -0.2) is 17.6 Å². The third kappa shape index (κ3) is 2.91. The molecule has 0 spiro atoms. The van der Waals surface area contributed by atoms with Crippen molar-refractivity contribution in [2.24, 2.45) is 11.8 Å². The lowest BCUT2D eigenvalue weighted by molar-refractivity contribution is -0.127. The van der Waals surface area contributed by atoms with E-state index >= 15 is 0 Å². The first-order valence-corrected chi connectivity index (χ1v) is 6.68. The number of rotatable bonds is 4. The fraction of sp³-hybridized carbons (Fsp3) is 0.533. The molecule has 18 heavy (non-hydrogen) atoms. The predicted octanol–water partition coefficient (Wildman–Crippen LogP) is 2.27. The van der Waals surface area contributed by atoms with Crippen LogP contribution in [-0.2, 0) is 4.79 Å². The fourth-order valence-corrected chi connectivity index (χ4v) is 2.73. The van der Waals surface area contributed by atoms with Crippen LogP contribution in [0.1, 0.15) is 37.8 Å². The fourth-order valence-electron chi connectivity index (χ4n) is 2.73. The van der Waals surface area contributed by atoms with Crippen LogP contribution in [0.15, 0.2) is 30.3 Å². The second-order valence-corrected chi connectivity index (χ2v) is 5.17. The molecule has 0 radical (unpaired) electrons. The maximum atomic E-state index is 12.2. The lowest BCUT2D eigenvalue weighted by atomic mass is 9.96. The van der Waals surface area contributed by atoms with Gasteiger partial charge < -0.3 is 10.4 Å². The summed E-state index contributed by atoms with van der Waals surface area (Å²) in [5.41, 5.74) is 0.957. The molecule has 1 aromatic rings. The van der Waals surface area contributed by atoms with Crippen LogP contribution in [0.4, 0.5) is 0 Å². The molecule has 98 valence electrons. The van der Waals surface area contributed by atoms with E-state index in [9.17, 15) is 9.90 Å². The second-order valence-electron chi connectivity index (χ2n) is 5.17. The van der Waals surface area contributed by atoms with Gasteiger partial charge in [-0.15, -0.1) is 0 Å². The maximum absolute atomic E-state index is 12.2. The molecule has 0 aliphatic heterocycles. The predicted molar refractivity (Wildman–Crippen MR) is 70.9 cm³/mol. The van der Waals surface area contributed by atoms with Gasteiger partial charge in [0.1, 0.15) is 0 Å². The van der Waals surface area contributed by atoms with Gasteiger partial charge in [-0.25, -0.2) is 0 Å². The van der Waals surface area contributed by atoms with E-state index in [1.54, 1.807) is 0 Å². The van der Waals surface area contributed by atoms with E-state index < -0.39 is 0 Å². The van der Waals surface area contributed by atoms with Crippen LogP contribution in [0.2, 0.25) is 0 Å². The van der Waals surface area contributed by atoms with Crippen LogP contribution in [0.5, 0.6) is 0 Å². The Morgan fingerprint density at radius 3 is 2.67 bits per heavy atom. The molecule has 3 heteroatoms. The SMILES string of the molecule is CC1CCCC1C(=O)NC(CO)c1ccccc1. The molecule has 1 amide bonds. The summed E-state index contributed by atoms with van der Waals surface area (Å²) in [4.78, 5) is 12.2. The Bertz CT molecular complexity index is 391. The van der Waals surface area contributed by atoms with Crippen molar-refractivity contribution in [1.82, 2.24) is 5.32 Å². The number of carbonyl (C=O) groups excluding carboxylic acids is 1. The Morgan fingerprint density at radius 1 is 1.39 bits per heavy atom. The zero-order valence-corrected chi connectivity index (χ0v) is 10.8. The Balaban J connectivity index is 2.00. The Labute approximate surface area is 108 Å². The van der Waals surface area contributed by atoms with Crippen LogP contribution in [0, 0.1) is 11.8 Å². The van der Waals surface area contributed by atoms with Gasteiger partial charge in [-0.05, 0) is 24.3 Å². The van der Waals surface area contributed by atoms with Crippen molar-refractivity contribution >= 4 is 5.91 Å². The number of hydrogen-bond acceptors (Lipinski definition) is 2. The first-order valence-electron chi connectivity index (χ1n) is 6.68. The van der Waals surface area contributed by atoms with Crippen molar-refractivity contribution < 1.29 is 9.90 Å². The summed E-state index contributed by atoms with van der Waals surface area (Å²) in [6, 6.07) is 9.34. The monoisotopic (exact) mass is 247 g/mol. The highest BCUT2D eigenvalue weighted by Gasteiger charge is 2.30. The van der Waals surface area contributed by atoms with Crippen LogP contribution in [0.25, 0.3) is 0 Å². The summed E-state index contributed by atoms with van der Waals surface area (Å²) >= 11 is 0. The van der Waals surface area contributed by atoms with Crippen LogP contribution in [0.3, 0.4) is 0 Å². The quantitative estimate of drug-likeness (QED) is 0.857. The summed E-state index contributed by atoms with van der Waals surface area (Å²) in [5.74, 6) is 0.658. The zero-order chi connectivity index (χ0) is 13.0. The minimum Gasteiger partial charge on any atom is -0.394 e. The molecular weight excluding hydrogens is 226 g/mol. The molecule has 2 N–H and O–H groups in total. The lowest BCUT2D eigenvalue weighted by Gasteiger charge is -2.21. The topological polar surface area (TPSA) is 49.3 Å². The minimum absolute atomic E-state index is 0.0587. The first kappa shape index (κ1) is 13.1. The summed E-state index contributed by atoms with van der Waals surface area (Å²) in [6.45, 7) is 2.07. The highest BCUT2D eigenvalue weighted by molar-refractivity contribution is 5.79. The molecule has 1 aliphatic rings. The van der Waals surface area contributed by atoms with Gasteiger partial charge >= 0.3 is 0 Å². The van der Waals surface area contributed by atoms with Crippen molar-refractivity contribution in [3.05, 3.63) is 35.9 Å². The molecule has 0 bridgehead atoms. The average molecular weight is 247 g/mol. The minimum atomic E-state index is -0.286. The van der Waals surface area contributed by atoms with Crippen molar-refractivity contribution in [3.8, 4) is 0 Å². The van der Waals surface area contributed by atoms with Gasteiger partial charge in [0.15, 0.2) is 0 Å². The van der Waals surface area contributed by atoms with Crippen LogP contribution < -0.4 is 5.32 Å². The number of carbonyl (C=O) groups is 1. The third-order valence-electron chi connectivity index (χ3n) is 3.90. The molecular formula is C15H21NO2. The van der Waals surface area contributed by atoms with Crippen LogP contribution >= 0.6 is 0 Å². The van der Waals surface area contributed by atoms with Crippen molar-refractivity contribution in [2.45, 2.75) is 32.2 Å². The smallest absolute Gasteiger partial charge is 0.223 e. The molecule has 3 nitrogen and oxygen atoms in total. The Kier molecular flexibility index (Phi) is 4.37. The number of amides is 1. The van der Waals surface area contributed by atoms with E-state index in [4.69, 9.17) is 0 Å². The molecule has 1 aliphatic carbocycles. The van der Waals surface area contributed by atoms with Gasteiger partial charge in [-0.1, -0.05) is 43.7 Å². The second kappa shape index (κ2) is 6.01. The van der Waals surface area contributed by atoms with E-state index in [0.29, 0.717) is 5.92 Å². The van der Waals surface area contributed by atoms with Gasteiger partial charge in [0.25, 0.3) is 0 Å². The van der Waals surface area contributed by atoms with E-state index in [0.717, 1.165) is 24.8 Å². The standard InChI is InChI=1S/C15H21NO2/c1-11-6-5-9-13(11)15(18)16-14(10-17)12-7-3-2-4-8-12/h2-4,7-8,11,13-14,17H,5-6,9-10H2,1H3,(H,16,18). The highest BCUT2D eigenvalue weighted by atomic mass is 16.3. The van der Waals surface area contributed by atoms with Gasteiger partial charge in [-0.2, -0.15) is 0 Å². The molecule has 0 heterocycles. The van der Waals surface area contributed by atoms with Crippen molar-refractivity contribution in [1.29, 1.82) is 0 Å². The zero-order valence-electron chi connectivity index (χ0n) is 10.8. The third-order valence-corrected chi connectivity index (χ3v) is 3.90. The highest BCUT2D eigenvalue weighted by Crippen LogP contribution is 2.31. The van der Waals surface area contributed by atoms with Gasteiger partial charge in [-0.3, -0.25) is 4.79 Å². The number of aliphatic hydroxyl groups excluding tert-OH is 1. The molecule has 3 unspecified atom stereocenters. The summed E-state index contributed by atoms with van der Waals surface area (Å²) in [5, 5.41) is 12.4. The molecule has 0 aromatic heterocycles. The number of nitrogens with one attached hydrogen (secondary N) is 1. The Morgan fingerprint density at radius 2 is 2.11 bits per heavy atom. The van der Waals surface area contributed by atoms with E-state index in [1.165, 1.54) is 0 Å². The molecule has 1 saturated carbocycles. The average Bonchev–Trinajstić information content (AvgIpc) is 2.83. The molecule has 2 rings (SSSR count). The maximum Gasteiger partial charge on any atom is 0.223 e. The molecule has 1 fully saturated rings. The number of hydrogen-bond donors (Lipinski definition) is 2. The van der Waals surface area contributed by atoms with E-state index in [-0.39, 0.29) is 24.5 Å². The molecule has 3 atom stereocenters. The molecule has 0 saturated heterocycles. The summed E-state index contributed by atoms with van der Waals surface area (Å²) in [7, 11) is 0. The first-order chi connectivity index (χ1) is 8.72. The summed E-state index contributed by atoms with van der Waals surface area (Å²) in [6.07, 6.45) is 3.24.